The van der Waals surface area contributed by atoms with Gasteiger partial charge in [-0.05, 0) is 97.8 Å². The summed E-state index contributed by atoms with van der Waals surface area (Å²) in [7, 11) is 6.45. The Morgan fingerprint density at radius 1 is 0.794 bits per heavy atom. The van der Waals surface area contributed by atoms with Crippen LogP contribution in [0.1, 0.15) is 82.5 Å². The molecule has 68 heavy (non-hydrogen) atoms. The fraction of sp³-hybridized carbons (Fsp3) is 0.327. The van der Waals surface area contributed by atoms with Gasteiger partial charge in [0.2, 0.25) is 11.8 Å². The first-order valence-corrected chi connectivity index (χ1v) is 25.0. The van der Waals surface area contributed by atoms with Crippen molar-refractivity contribution in [1.29, 1.82) is 0 Å². The van der Waals surface area contributed by atoms with E-state index in [1.165, 1.54) is 7.11 Å². The summed E-state index contributed by atoms with van der Waals surface area (Å²) >= 11 is 0. The minimum absolute atomic E-state index is 0.0265. The number of anilines is 4. The van der Waals surface area contributed by atoms with Gasteiger partial charge in [-0.3, -0.25) is 29.1 Å². The van der Waals surface area contributed by atoms with Crippen molar-refractivity contribution in [3.05, 3.63) is 124 Å². The summed E-state index contributed by atoms with van der Waals surface area (Å²) in [4.78, 5) is 61.3. The second kappa shape index (κ2) is 19.9. The van der Waals surface area contributed by atoms with E-state index >= 15 is 0 Å². The van der Waals surface area contributed by atoms with Crippen molar-refractivity contribution < 1.29 is 38.1 Å². The average Bonchev–Trinajstić information content (AvgIpc) is 3.82. The molecule has 0 unspecified atom stereocenters. The summed E-state index contributed by atoms with van der Waals surface area (Å²) in [5.74, 6) is 1.71. The summed E-state index contributed by atoms with van der Waals surface area (Å²) in [6.07, 6.45) is 5.23. The lowest BCUT2D eigenvalue weighted by Gasteiger charge is -2.23. The Bertz CT molecular complexity index is 2820. The summed E-state index contributed by atoms with van der Waals surface area (Å²) < 4.78 is 24.3. The first-order chi connectivity index (χ1) is 32.9. The fourth-order valence-corrected chi connectivity index (χ4v) is 11.8. The van der Waals surface area contributed by atoms with Gasteiger partial charge in [-0.2, -0.15) is 0 Å². The highest BCUT2D eigenvalue weighted by Gasteiger charge is 2.39. The molecule has 5 aromatic carbocycles. The number of rotatable bonds is 18. The van der Waals surface area contributed by atoms with Crippen molar-refractivity contribution in [2.45, 2.75) is 82.4 Å². The summed E-state index contributed by atoms with van der Waals surface area (Å²) in [6.45, 7) is 4.95. The van der Waals surface area contributed by atoms with Crippen molar-refractivity contribution in [2.24, 2.45) is 10.7 Å². The Morgan fingerprint density at radius 2 is 1.43 bits per heavy atom. The smallest absolute Gasteiger partial charge is 0.261 e. The van der Waals surface area contributed by atoms with Crippen LogP contribution in [0.25, 0.3) is 0 Å². The van der Waals surface area contributed by atoms with Gasteiger partial charge in [0.1, 0.15) is 13.2 Å². The van der Waals surface area contributed by atoms with E-state index in [1.807, 2.05) is 77.8 Å². The molecule has 4 N–H and O–H groups in total. The van der Waals surface area contributed by atoms with E-state index in [0.29, 0.717) is 83.4 Å². The number of nitrogens with two attached hydrogens (primary N) is 1. The molecule has 2 atom stereocenters. The monoisotopic (exact) mass is 954 g/mol. The number of nitrogens with one attached hydrogen (secondary N) is 2. The molecule has 0 saturated heterocycles. The number of carbonyl (C=O) groups is 4. The largest absolute Gasteiger partial charge is 0.493 e. The molecular formula is C52H54N6O8S2. The van der Waals surface area contributed by atoms with Crippen LogP contribution in [0, 0.1) is 0 Å². The van der Waals surface area contributed by atoms with Crippen molar-refractivity contribution in [3.8, 4) is 23.0 Å². The fourth-order valence-electron chi connectivity index (χ4n) is 9.11. The molecule has 4 aliphatic rings. The van der Waals surface area contributed by atoms with Gasteiger partial charge in [0.05, 0.1) is 48.8 Å². The maximum Gasteiger partial charge on any atom is 0.261 e. The Labute approximate surface area is 403 Å². The first kappa shape index (κ1) is 46.5. The van der Waals surface area contributed by atoms with Gasteiger partial charge in [0, 0.05) is 71.7 Å². The third-order valence-corrected chi connectivity index (χ3v) is 15.9. The third kappa shape index (κ3) is 9.97. The minimum Gasteiger partial charge on any atom is -0.493 e. The molecule has 0 spiro atoms. The summed E-state index contributed by atoms with van der Waals surface area (Å²) in [5, 5.41) is 6.60. The molecule has 4 heterocycles. The van der Waals surface area contributed by atoms with E-state index in [4.69, 9.17) is 29.7 Å². The van der Waals surface area contributed by atoms with E-state index in [2.05, 4.69) is 30.5 Å². The lowest BCUT2D eigenvalue weighted by Crippen LogP contribution is -2.39. The predicted octanol–water partition coefficient (Wildman–Crippen LogP) is 9.29. The van der Waals surface area contributed by atoms with Crippen molar-refractivity contribution in [1.82, 2.24) is 0 Å². The molecule has 9 rings (SSSR count). The Morgan fingerprint density at radius 3 is 2.12 bits per heavy atom. The second-order valence-electron chi connectivity index (χ2n) is 17.9. The summed E-state index contributed by atoms with van der Waals surface area (Å²) in [6, 6.07) is 28.3. The van der Waals surface area contributed by atoms with Gasteiger partial charge >= 0.3 is 0 Å². The molecule has 0 aromatic heterocycles. The normalized spacial score (nSPS) is 16.5. The molecule has 0 fully saturated rings. The van der Waals surface area contributed by atoms with E-state index in [1.54, 1.807) is 51.8 Å². The number of benzene rings is 5. The van der Waals surface area contributed by atoms with Crippen molar-refractivity contribution in [2.75, 3.05) is 47.0 Å². The molecular weight excluding hydrogens is 901 g/mol. The highest BCUT2D eigenvalue weighted by atomic mass is 33.1. The minimum atomic E-state index is -0.304. The van der Waals surface area contributed by atoms with Crippen LogP contribution in [0.4, 0.5) is 28.4 Å². The SMILES string of the molecule is COc1cc2c(cc1OCc1cc(COc3cc4c(cc3OC)C(=O)N3c5ccccc5C[C@H]3CN4)cc(NC(=O)CCC(C)(C)SSCCCC(N)=O)c1)N=C[C@@H]1Cc3ccccc3N1C2=O. The number of hydrogen-bond donors (Lipinski definition) is 3. The highest BCUT2D eigenvalue weighted by Crippen LogP contribution is 2.44. The van der Waals surface area contributed by atoms with Crippen LogP contribution in [-0.2, 0) is 35.6 Å². The van der Waals surface area contributed by atoms with Crippen LogP contribution < -0.4 is 45.1 Å². The zero-order valence-electron chi connectivity index (χ0n) is 38.5. The number of methoxy groups -OCH3 is 2. The zero-order chi connectivity index (χ0) is 47.5. The van der Waals surface area contributed by atoms with Crippen molar-refractivity contribution in [3.63, 3.8) is 0 Å². The maximum atomic E-state index is 14.1. The van der Waals surface area contributed by atoms with Crippen molar-refractivity contribution >= 4 is 79.9 Å². The maximum absolute atomic E-state index is 14.1. The van der Waals surface area contributed by atoms with Crippen LogP contribution in [0.15, 0.2) is 96.0 Å². The predicted molar refractivity (Wildman–Crippen MR) is 270 cm³/mol. The Hall–Kier alpha value is -6.65. The molecule has 4 amide bonds. The molecule has 5 aromatic rings. The molecule has 14 nitrogen and oxygen atoms in total. The molecule has 4 aliphatic heterocycles. The summed E-state index contributed by atoms with van der Waals surface area (Å²) in [5.41, 5.74) is 13.4. The quantitative estimate of drug-likeness (QED) is 0.0564. The van der Waals surface area contributed by atoms with E-state index in [-0.39, 0.29) is 60.1 Å². The number of aliphatic imine (C=N–C) groups is 1. The van der Waals surface area contributed by atoms with Gasteiger partial charge in [-0.1, -0.05) is 58.0 Å². The van der Waals surface area contributed by atoms with Crippen LogP contribution in [0.2, 0.25) is 0 Å². The molecule has 0 saturated carbocycles. The number of carbonyl (C=O) groups excluding carboxylic acids is 4. The average molecular weight is 955 g/mol. The number of amides is 4. The van der Waals surface area contributed by atoms with Gasteiger partial charge < -0.3 is 40.2 Å². The number of ether oxygens (including phenoxy) is 4. The van der Waals surface area contributed by atoms with Gasteiger partial charge in [0.15, 0.2) is 23.0 Å². The molecule has 16 heteroatoms. The lowest BCUT2D eigenvalue weighted by atomic mass is 10.1. The lowest BCUT2D eigenvalue weighted by molar-refractivity contribution is -0.118. The first-order valence-electron chi connectivity index (χ1n) is 22.7. The number of fused-ring (bicyclic) bond motifs is 8. The topological polar surface area (TPSA) is 174 Å². The van der Waals surface area contributed by atoms with E-state index < -0.39 is 0 Å². The standard InChI is InChI=1S/C52H54N6O8S2/c1-52(2,68-67-17-9-14-48(53)59)16-15-49(60)56-35-19-31(29-65-46-25-40-38(23-44(46)63-3)50(61)57-36(27-54-40)21-33-10-5-7-12-42(33)57)18-32(20-35)30-66-47-26-41-39(24-45(47)64-4)51(62)58-37(28-55-41)22-34-11-6-8-13-43(34)58/h5-8,10-13,18-20,23-27,36-37,55H,9,14-17,21-22,28-30H2,1-4H3,(H2,53,59)(H,56,60)/t36-,37-/m0/s1. The van der Waals surface area contributed by atoms with Crippen LogP contribution in [0.5, 0.6) is 23.0 Å². The molecule has 0 radical (unpaired) electrons. The number of para-hydroxylation sites is 2. The number of nitrogens with zero attached hydrogens (tertiary/aromatic N) is 3. The zero-order valence-corrected chi connectivity index (χ0v) is 40.1. The number of hydrogen-bond acceptors (Lipinski definition) is 12. The van der Waals surface area contributed by atoms with E-state index in [9.17, 15) is 19.2 Å². The van der Waals surface area contributed by atoms with Crippen LogP contribution in [0.3, 0.4) is 0 Å². The van der Waals surface area contributed by atoms with E-state index in [0.717, 1.165) is 45.8 Å². The van der Waals surface area contributed by atoms with Gasteiger partial charge in [0.25, 0.3) is 11.8 Å². The number of primary amides is 1. The molecule has 0 bridgehead atoms. The van der Waals surface area contributed by atoms with Gasteiger partial charge in [-0.15, -0.1) is 0 Å². The molecule has 0 aliphatic carbocycles. The highest BCUT2D eigenvalue weighted by molar-refractivity contribution is 8.77. The Kier molecular flexibility index (Phi) is 13.6. The second-order valence-corrected chi connectivity index (χ2v) is 21.0. The van der Waals surface area contributed by atoms with Crippen LogP contribution >= 0.6 is 21.6 Å². The van der Waals surface area contributed by atoms with Gasteiger partial charge in [-0.25, -0.2) is 0 Å². The Balaban J connectivity index is 0.942. The van der Waals surface area contributed by atoms with Crippen LogP contribution in [-0.4, -0.2) is 73.2 Å². The molecule has 352 valence electrons. The third-order valence-electron chi connectivity index (χ3n) is 12.5.